The molecule has 3 N–H and O–H groups in total. The van der Waals surface area contributed by atoms with Gasteiger partial charge in [-0.25, -0.2) is 0 Å². The highest BCUT2D eigenvalue weighted by Crippen LogP contribution is 2.38. The molecule has 1 aliphatic heterocycles. The molecule has 0 spiro atoms. The summed E-state index contributed by atoms with van der Waals surface area (Å²) in [6, 6.07) is 0. The summed E-state index contributed by atoms with van der Waals surface area (Å²) in [5.41, 5.74) is 0.265. The fourth-order valence-corrected chi connectivity index (χ4v) is 3.34. The second-order valence-electron chi connectivity index (χ2n) is 5.51. The van der Waals surface area contributed by atoms with Crippen molar-refractivity contribution in [3.63, 3.8) is 0 Å². The predicted octanol–water partition coefficient (Wildman–Crippen LogP) is 3.72. The van der Waals surface area contributed by atoms with E-state index in [-0.39, 0.29) is 16.6 Å². The van der Waals surface area contributed by atoms with Gasteiger partial charge in [0.25, 0.3) is 0 Å². The Kier molecular flexibility index (Phi) is 7.65. The lowest BCUT2D eigenvalue weighted by Gasteiger charge is -2.49. The molecule has 0 amide bonds. The van der Waals surface area contributed by atoms with Gasteiger partial charge in [-0.1, -0.05) is 24.3 Å². The van der Waals surface area contributed by atoms with Crippen LogP contribution >= 0.6 is 0 Å². The van der Waals surface area contributed by atoms with Gasteiger partial charge < -0.3 is 10.8 Å². The van der Waals surface area contributed by atoms with Gasteiger partial charge >= 0.3 is 0 Å². The van der Waals surface area contributed by atoms with Gasteiger partial charge in [0, 0.05) is 11.1 Å². The van der Waals surface area contributed by atoms with E-state index in [2.05, 4.69) is 31.6 Å². The largest absolute Gasteiger partial charge is 0.412 e. The number of piperidine rings is 1. The molecule has 0 bridgehead atoms. The second-order valence-corrected chi connectivity index (χ2v) is 5.51. The van der Waals surface area contributed by atoms with Crippen molar-refractivity contribution >= 4 is 0 Å². The first-order chi connectivity index (χ1) is 8.66. The molecule has 0 saturated carbocycles. The van der Waals surface area contributed by atoms with Crippen LogP contribution in [0, 0.1) is 0 Å². The fraction of sp³-hybridized carbons (Fsp3) is 0.529. The minimum atomic E-state index is 0. The zero-order chi connectivity index (χ0) is 13.5. The van der Waals surface area contributed by atoms with E-state index >= 15 is 0 Å². The molecule has 2 nitrogen and oxygen atoms in total. The van der Waals surface area contributed by atoms with Crippen molar-refractivity contribution in [3.8, 4) is 0 Å². The first kappa shape index (κ1) is 17.9. The number of nitrogens with one attached hydrogen (secondary N) is 1. The molecule has 0 aliphatic carbocycles. The van der Waals surface area contributed by atoms with Crippen molar-refractivity contribution in [2.45, 2.75) is 56.0 Å². The third-order valence-corrected chi connectivity index (χ3v) is 3.98. The maximum Gasteiger partial charge on any atom is 0.0255 e. The Labute approximate surface area is 118 Å². The van der Waals surface area contributed by atoms with Crippen LogP contribution in [-0.4, -0.2) is 16.6 Å². The third-order valence-electron chi connectivity index (χ3n) is 3.98. The normalized spacial score (nSPS) is 19.8. The molecule has 1 aliphatic rings. The van der Waals surface area contributed by atoms with E-state index in [4.69, 9.17) is 0 Å². The van der Waals surface area contributed by atoms with Gasteiger partial charge in [-0.2, -0.15) is 0 Å². The summed E-state index contributed by atoms with van der Waals surface area (Å²) in [4.78, 5) is 0. The van der Waals surface area contributed by atoms with Crippen molar-refractivity contribution in [3.05, 3.63) is 50.6 Å². The van der Waals surface area contributed by atoms with Crippen molar-refractivity contribution in [2.75, 3.05) is 0 Å². The first-order valence-electron chi connectivity index (χ1n) is 6.89. The molecular formula is C17H29NO. The Balaban J connectivity index is 0.00000324. The summed E-state index contributed by atoms with van der Waals surface area (Å²) in [7, 11) is 0. The van der Waals surface area contributed by atoms with E-state index < -0.39 is 0 Å². The van der Waals surface area contributed by atoms with E-state index in [9.17, 15) is 0 Å². The van der Waals surface area contributed by atoms with Crippen LogP contribution in [0.1, 0.15) is 44.9 Å². The van der Waals surface area contributed by atoms with Gasteiger partial charge in [-0.3, -0.25) is 0 Å². The van der Waals surface area contributed by atoms with Gasteiger partial charge in [-0.05, 0) is 44.9 Å². The Hall–Kier alpha value is -1.12. The molecule has 0 atom stereocenters. The topological polar surface area (TPSA) is 43.5 Å². The van der Waals surface area contributed by atoms with Crippen LogP contribution in [0.2, 0.25) is 0 Å². The summed E-state index contributed by atoms with van der Waals surface area (Å²) in [6.07, 6.45) is 15.7. The minimum Gasteiger partial charge on any atom is -0.412 e. The first-order valence-corrected chi connectivity index (χ1v) is 6.89. The van der Waals surface area contributed by atoms with Crippen LogP contribution in [0.3, 0.4) is 0 Å². The zero-order valence-corrected chi connectivity index (χ0v) is 12.1. The van der Waals surface area contributed by atoms with Crippen LogP contribution in [0.5, 0.6) is 0 Å². The Morgan fingerprint density at radius 2 is 1.05 bits per heavy atom. The van der Waals surface area contributed by atoms with Gasteiger partial charge in [0.1, 0.15) is 0 Å². The molecule has 1 heterocycles. The second kappa shape index (κ2) is 8.13. The molecule has 108 valence electrons. The van der Waals surface area contributed by atoms with E-state index in [1.807, 2.05) is 24.3 Å². The van der Waals surface area contributed by atoms with Gasteiger partial charge in [0.2, 0.25) is 0 Å². The summed E-state index contributed by atoms with van der Waals surface area (Å²) in [6.45, 7) is 15.6. The summed E-state index contributed by atoms with van der Waals surface area (Å²) < 4.78 is 0. The van der Waals surface area contributed by atoms with Crippen molar-refractivity contribution in [2.24, 2.45) is 0 Å². The van der Waals surface area contributed by atoms with Crippen LogP contribution in [0.4, 0.5) is 0 Å². The molecular weight excluding hydrogens is 234 g/mol. The highest BCUT2D eigenvalue weighted by Gasteiger charge is 2.41. The SMILES string of the molecule is C=CCC1(CC=C)CCCC(CC=C)(CC=C)N1.O. The predicted molar refractivity (Wildman–Crippen MR) is 85.3 cm³/mol. The van der Waals surface area contributed by atoms with Crippen LogP contribution in [0.25, 0.3) is 0 Å². The molecule has 1 fully saturated rings. The number of hydrogen-bond acceptors (Lipinski definition) is 1. The Morgan fingerprint density at radius 3 is 1.32 bits per heavy atom. The zero-order valence-electron chi connectivity index (χ0n) is 12.1. The molecule has 0 aromatic rings. The Morgan fingerprint density at radius 1 is 0.737 bits per heavy atom. The molecule has 19 heavy (non-hydrogen) atoms. The van der Waals surface area contributed by atoms with Crippen molar-refractivity contribution in [1.29, 1.82) is 0 Å². The maximum atomic E-state index is 3.91. The molecule has 1 saturated heterocycles. The van der Waals surface area contributed by atoms with E-state index in [0.29, 0.717) is 0 Å². The molecule has 0 unspecified atom stereocenters. The summed E-state index contributed by atoms with van der Waals surface area (Å²) in [5.74, 6) is 0. The molecule has 0 aromatic heterocycles. The van der Waals surface area contributed by atoms with E-state index in [1.165, 1.54) is 19.3 Å². The lowest BCUT2D eigenvalue weighted by molar-refractivity contribution is 0.132. The van der Waals surface area contributed by atoms with Crippen molar-refractivity contribution in [1.82, 2.24) is 5.32 Å². The van der Waals surface area contributed by atoms with Gasteiger partial charge in [-0.15, -0.1) is 26.3 Å². The number of hydrogen-bond donors (Lipinski definition) is 1. The smallest absolute Gasteiger partial charge is 0.0255 e. The average molecular weight is 263 g/mol. The monoisotopic (exact) mass is 263 g/mol. The Bertz CT molecular complexity index is 269. The third kappa shape index (κ3) is 4.48. The standard InChI is InChI=1S/C17H27N.H2O/c1-5-10-16(11-6-2)14-9-15-17(18-16,12-7-3)13-8-4;/h5-8,18H,1-4,9-15H2;1H2. The van der Waals surface area contributed by atoms with Crippen molar-refractivity contribution < 1.29 is 5.48 Å². The van der Waals surface area contributed by atoms with Crippen LogP contribution in [-0.2, 0) is 0 Å². The number of rotatable bonds is 8. The summed E-state index contributed by atoms with van der Waals surface area (Å²) in [5, 5.41) is 3.90. The van der Waals surface area contributed by atoms with Gasteiger partial charge in [0.15, 0.2) is 0 Å². The quantitative estimate of drug-likeness (QED) is 0.666. The highest BCUT2D eigenvalue weighted by atomic mass is 16.0. The molecule has 0 radical (unpaired) electrons. The lowest BCUT2D eigenvalue weighted by Crippen LogP contribution is -2.60. The lowest BCUT2D eigenvalue weighted by atomic mass is 9.73. The average Bonchev–Trinajstić information content (AvgIpc) is 2.30. The highest BCUT2D eigenvalue weighted by molar-refractivity contribution is 5.10. The van der Waals surface area contributed by atoms with E-state index in [0.717, 1.165) is 25.7 Å². The summed E-state index contributed by atoms with van der Waals surface area (Å²) >= 11 is 0. The fourth-order valence-electron chi connectivity index (χ4n) is 3.34. The minimum absolute atomic E-state index is 0. The van der Waals surface area contributed by atoms with E-state index in [1.54, 1.807) is 0 Å². The molecule has 2 heteroatoms. The molecule has 0 aromatic carbocycles. The van der Waals surface area contributed by atoms with Gasteiger partial charge in [0.05, 0.1) is 0 Å². The van der Waals surface area contributed by atoms with Crippen LogP contribution in [0.15, 0.2) is 50.6 Å². The van der Waals surface area contributed by atoms with Crippen LogP contribution < -0.4 is 5.32 Å². The maximum absolute atomic E-state index is 3.91. The molecule has 1 rings (SSSR count).